The molecule has 0 aromatic rings. The van der Waals surface area contributed by atoms with E-state index in [1.807, 2.05) is 0 Å². The van der Waals surface area contributed by atoms with Crippen LogP contribution in [0.1, 0.15) is 0 Å². The van der Waals surface area contributed by atoms with Gasteiger partial charge in [-0.3, -0.25) is 0 Å². The Morgan fingerprint density at radius 3 is 2.40 bits per heavy atom. The normalized spacial score (nSPS) is 10.8. The third-order valence-corrected chi connectivity index (χ3v) is 0.555. The zero-order chi connectivity index (χ0) is 8.20. The SMILES string of the molecule is COC(=O)OC(F)(F)CF. The average Bonchev–Trinajstić information content (AvgIpc) is 1.87. The zero-order valence-corrected chi connectivity index (χ0v) is 5.07. The molecule has 60 valence electrons. The fraction of sp³-hybridized carbons (Fsp3) is 0.750. The van der Waals surface area contributed by atoms with Gasteiger partial charge in [-0.1, -0.05) is 0 Å². The van der Waals surface area contributed by atoms with E-state index < -0.39 is 18.9 Å². The highest BCUT2D eigenvalue weighted by atomic mass is 19.3. The molecule has 0 heterocycles. The molecule has 0 aliphatic carbocycles. The van der Waals surface area contributed by atoms with Gasteiger partial charge in [0.25, 0.3) is 0 Å². The van der Waals surface area contributed by atoms with Crippen LogP contribution < -0.4 is 0 Å². The summed E-state index contributed by atoms with van der Waals surface area (Å²) >= 11 is 0. The van der Waals surface area contributed by atoms with E-state index in [2.05, 4.69) is 9.47 Å². The maximum absolute atomic E-state index is 11.7. The number of rotatable bonds is 2. The van der Waals surface area contributed by atoms with Gasteiger partial charge in [0.05, 0.1) is 7.11 Å². The van der Waals surface area contributed by atoms with E-state index in [0.29, 0.717) is 0 Å². The lowest BCUT2D eigenvalue weighted by atomic mass is 10.7. The molecule has 0 spiro atoms. The molecule has 0 saturated heterocycles. The summed E-state index contributed by atoms with van der Waals surface area (Å²) in [5, 5.41) is 0. The van der Waals surface area contributed by atoms with Crippen molar-refractivity contribution >= 4 is 6.16 Å². The van der Waals surface area contributed by atoms with Gasteiger partial charge in [-0.15, -0.1) is 0 Å². The first-order chi connectivity index (χ1) is 4.52. The summed E-state index contributed by atoms with van der Waals surface area (Å²) < 4.78 is 41.4. The number of halogens is 3. The van der Waals surface area contributed by atoms with Crippen molar-refractivity contribution in [1.29, 1.82) is 0 Å². The van der Waals surface area contributed by atoms with Gasteiger partial charge in [-0.25, -0.2) is 9.18 Å². The molecule has 0 bridgehead atoms. The molecule has 0 saturated carbocycles. The molecule has 0 atom stereocenters. The number of hydrogen-bond acceptors (Lipinski definition) is 3. The highest BCUT2D eigenvalue weighted by molar-refractivity contribution is 5.59. The highest BCUT2D eigenvalue weighted by Gasteiger charge is 2.34. The van der Waals surface area contributed by atoms with Gasteiger partial charge in [-0.05, 0) is 0 Å². The van der Waals surface area contributed by atoms with Crippen LogP contribution >= 0.6 is 0 Å². The van der Waals surface area contributed by atoms with Gasteiger partial charge < -0.3 is 9.47 Å². The molecule has 0 aromatic carbocycles. The third kappa shape index (κ3) is 3.16. The second kappa shape index (κ2) is 3.28. The Kier molecular flexibility index (Phi) is 2.98. The number of alkyl halides is 3. The second-order valence-electron chi connectivity index (χ2n) is 1.33. The summed E-state index contributed by atoms with van der Waals surface area (Å²) in [7, 11) is 0.844. The van der Waals surface area contributed by atoms with Gasteiger partial charge in [-0.2, -0.15) is 8.78 Å². The van der Waals surface area contributed by atoms with E-state index in [0.717, 1.165) is 7.11 Å². The Balaban J connectivity index is 3.76. The molecule has 0 aliphatic heterocycles. The monoisotopic (exact) mass is 158 g/mol. The van der Waals surface area contributed by atoms with Crippen molar-refractivity contribution in [3.8, 4) is 0 Å². The van der Waals surface area contributed by atoms with Crippen molar-refractivity contribution in [2.45, 2.75) is 6.11 Å². The number of carbonyl (C=O) groups excluding carboxylic acids is 1. The lowest BCUT2D eigenvalue weighted by molar-refractivity contribution is -0.217. The van der Waals surface area contributed by atoms with E-state index in [9.17, 15) is 18.0 Å². The van der Waals surface area contributed by atoms with E-state index in [-0.39, 0.29) is 0 Å². The van der Waals surface area contributed by atoms with Crippen molar-refractivity contribution in [2.24, 2.45) is 0 Å². The molecule has 6 heteroatoms. The molecule has 10 heavy (non-hydrogen) atoms. The summed E-state index contributed by atoms with van der Waals surface area (Å²) in [5.74, 6) is 0. The Morgan fingerprint density at radius 1 is 1.60 bits per heavy atom. The van der Waals surface area contributed by atoms with Crippen LogP contribution in [0.25, 0.3) is 0 Å². The van der Waals surface area contributed by atoms with E-state index in [4.69, 9.17) is 0 Å². The van der Waals surface area contributed by atoms with E-state index in [1.54, 1.807) is 0 Å². The summed E-state index contributed by atoms with van der Waals surface area (Å²) in [6, 6.07) is 0. The van der Waals surface area contributed by atoms with Gasteiger partial charge in [0.2, 0.25) is 0 Å². The second-order valence-corrected chi connectivity index (χ2v) is 1.33. The fourth-order valence-electron chi connectivity index (χ4n) is 0.191. The van der Waals surface area contributed by atoms with Crippen molar-refractivity contribution in [2.75, 3.05) is 13.8 Å². The minimum atomic E-state index is -4.08. The summed E-state index contributed by atoms with van der Waals surface area (Å²) in [6.07, 6.45) is -5.68. The molecule has 0 radical (unpaired) electrons. The Hall–Kier alpha value is -0.940. The number of ether oxygens (including phenoxy) is 2. The maximum Gasteiger partial charge on any atom is 0.512 e. The van der Waals surface area contributed by atoms with Crippen molar-refractivity contribution in [1.82, 2.24) is 0 Å². The Morgan fingerprint density at radius 2 is 2.10 bits per heavy atom. The van der Waals surface area contributed by atoms with Crippen molar-refractivity contribution in [3.05, 3.63) is 0 Å². The topological polar surface area (TPSA) is 35.5 Å². The van der Waals surface area contributed by atoms with Gasteiger partial charge in [0.1, 0.15) is 0 Å². The zero-order valence-electron chi connectivity index (χ0n) is 5.07. The van der Waals surface area contributed by atoms with E-state index >= 15 is 0 Å². The lowest BCUT2D eigenvalue weighted by Crippen LogP contribution is -2.26. The van der Waals surface area contributed by atoms with Gasteiger partial charge >= 0.3 is 12.3 Å². The number of hydrogen-bond donors (Lipinski definition) is 0. The van der Waals surface area contributed by atoms with Crippen LogP contribution in [0.5, 0.6) is 0 Å². The third-order valence-electron chi connectivity index (χ3n) is 0.555. The summed E-state index contributed by atoms with van der Waals surface area (Å²) in [4.78, 5) is 9.90. The predicted octanol–water partition coefficient (Wildman–Crippen LogP) is 1.33. The molecule has 0 aliphatic rings. The van der Waals surface area contributed by atoms with Crippen LogP contribution in [0.15, 0.2) is 0 Å². The van der Waals surface area contributed by atoms with Crippen molar-refractivity contribution in [3.63, 3.8) is 0 Å². The summed E-state index contributed by atoms with van der Waals surface area (Å²) in [6.45, 7) is -2.05. The predicted molar refractivity (Wildman–Crippen MR) is 24.4 cm³/mol. The van der Waals surface area contributed by atoms with Crippen LogP contribution in [0.2, 0.25) is 0 Å². The maximum atomic E-state index is 11.7. The minimum Gasteiger partial charge on any atom is -0.437 e. The van der Waals surface area contributed by atoms with Gasteiger partial charge in [0.15, 0.2) is 6.67 Å². The summed E-state index contributed by atoms with van der Waals surface area (Å²) in [5.41, 5.74) is 0. The van der Waals surface area contributed by atoms with Crippen LogP contribution in [-0.4, -0.2) is 26.0 Å². The van der Waals surface area contributed by atoms with Crippen molar-refractivity contribution < 1.29 is 27.4 Å². The fourth-order valence-corrected chi connectivity index (χ4v) is 0.191. The first kappa shape index (κ1) is 9.06. The molecular weight excluding hydrogens is 153 g/mol. The lowest BCUT2D eigenvalue weighted by Gasteiger charge is -2.10. The van der Waals surface area contributed by atoms with Gasteiger partial charge in [0, 0.05) is 0 Å². The molecule has 0 amide bonds. The standard InChI is InChI=1S/C4H5F3O3/c1-9-3(8)10-4(6,7)2-5/h2H2,1H3. The minimum absolute atomic E-state index is 0.844. The highest BCUT2D eigenvalue weighted by Crippen LogP contribution is 2.15. The van der Waals surface area contributed by atoms with Crippen LogP contribution in [0.3, 0.4) is 0 Å². The van der Waals surface area contributed by atoms with E-state index in [1.165, 1.54) is 0 Å². The molecule has 0 rings (SSSR count). The number of methoxy groups -OCH3 is 1. The molecule has 0 unspecified atom stereocenters. The number of carbonyl (C=O) groups is 1. The molecule has 3 nitrogen and oxygen atoms in total. The van der Waals surface area contributed by atoms with Crippen LogP contribution in [0, 0.1) is 0 Å². The molecule has 0 N–H and O–H groups in total. The molecular formula is C4H5F3O3. The largest absolute Gasteiger partial charge is 0.512 e. The van der Waals surface area contributed by atoms with Crippen LogP contribution in [-0.2, 0) is 9.47 Å². The smallest absolute Gasteiger partial charge is 0.437 e. The Bertz CT molecular complexity index is 125. The quantitative estimate of drug-likeness (QED) is 0.568. The first-order valence-corrected chi connectivity index (χ1v) is 2.22. The molecule has 0 aromatic heterocycles. The molecule has 0 fully saturated rings. The average molecular weight is 158 g/mol. The van der Waals surface area contributed by atoms with Crippen LogP contribution in [0.4, 0.5) is 18.0 Å². The Labute approximate surface area is 54.7 Å². The first-order valence-electron chi connectivity index (χ1n) is 2.22.